The fourth-order valence-corrected chi connectivity index (χ4v) is 0.882. The van der Waals surface area contributed by atoms with Crippen LogP contribution < -0.4 is 5.73 Å². The molecule has 0 heterocycles. The summed E-state index contributed by atoms with van der Waals surface area (Å²) in [5.74, 6) is -1.29. The number of hydrogen-bond donors (Lipinski definition) is 1. The first-order valence-electron chi connectivity index (χ1n) is 3.41. The molecule has 4 heteroatoms. The van der Waals surface area contributed by atoms with E-state index in [2.05, 4.69) is 0 Å². The van der Waals surface area contributed by atoms with Crippen molar-refractivity contribution in [2.45, 2.75) is 6.04 Å². The number of halogens is 3. The molecule has 0 aromatic heterocycles. The van der Waals surface area contributed by atoms with Crippen LogP contribution in [0, 0.1) is 11.6 Å². The molecule has 0 aliphatic carbocycles. The normalized spacial score (nSPS) is 13.0. The summed E-state index contributed by atoms with van der Waals surface area (Å²) in [5.41, 5.74) is 5.06. The predicted molar refractivity (Wildman–Crippen MR) is 39.3 cm³/mol. The summed E-state index contributed by atoms with van der Waals surface area (Å²) in [6.07, 6.45) is 0. The molecule has 12 heavy (non-hydrogen) atoms. The van der Waals surface area contributed by atoms with E-state index in [0.29, 0.717) is 0 Å². The van der Waals surface area contributed by atoms with Crippen molar-refractivity contribution in [1.29, 1.82) is 0 Å². The molecule has 0 aliphatic rings. The van der Waals surface area contributed by atoms with E-state index < -0.39 is 24.4 Å². The largest absolute Gasteiger partial charge is 0.322 e. The molecule has 2 N–H and O–H groups in total. The fourth-order valence-electron chi connectivity index (χ4n) is 0.882. The Balaban J connectivity index is 3.04. The van der Waals surface area contributed by atoms with Crippen LogP contribution in [-0.2, 0) is 0 Å². The van der Waals surface area contributed by atoms with Gasteiger partial charge in [0.15, 0.2) is 0 Å². The number of rotatable bonds is 2. The van der Waals surface area contributed by atoms with Crippen molar-refractivity contribution in [1.82, 2.24) is 0 Å². The molecule has 1 rings (SSSR count). The van der Waals surface area contributed by atoms with Gasteiger partial charge in [-0.15, -0.1) is 0 Å². The molecule has 1 aromatic carbocycles. The minimum absolute atomic E-state index is 0.127. The summed E-state index contributed by atoms with van der Waals surface area (Å²) in [6, 6.07) is 1.71. The molecule has 66 valence electrons. The van der Waals surface area contributed by atoms with Gasteiger partial charge in [0.05, 0.1) is 6.04 Å². The lowest BCUT2D eigenvalue weighted by atomic mass is 10.1. The Morgan fingerprint density at radius 2 is 2.00 bits per heavy atom. The van der Waals surface area contributed by atoms with E-state index in [1.807, 2.05) is 0 Å². The van der Waals surface area contributed by atoms with E-state index in [1.54, 1.807) is 0 Å². The average Bonchev–Trinajstić information content (AvgIpc) is 2.08. The zero-order chi connectivity index (χ0) is 9.14. The van der Waals surface area contributed by atoms with Crippen molar-refractivity contribution < 1.29 is 13.2 Å². The summed E-state index contributed by atoms with van der Waals surface area (Å²) in [5, 5.41) is 0. The molecule has 0 unspecified atom stereocenters. The summed E-state index contributed by atoms with van der Waals surface area (Å²) in [4.78, 5) is 0. The van der Waals surface area contributed by atoms with Crippen LogP contribution in [0.15, 0.2) is 18.2 Å². The van der Waals surface area contributed by atoms with Crippen LogP contribution in [0.25, 0.3) is 0 Å². The first-order valence-corrected chi connectivity index (χ1v) is 3.41. The number of hydrogen-bond acceptors (Lipinski definition) is 1. The molecule has 0 aliphatic heterocycles. The molecule has 1 atom stereocenters. The Morgan fingerprint density at radius 1 is 1.33 bits per heavy atom. The average molecular weight is 175 g/mol. The van der Waals surface area contributed by atoms with Crippen molar-refractivity contribution in [2.24, 2.45) is 5.73 Å². The van der Waals surface area contributed by atoms with E-state index in [0.717, 1.165) is 18.2 Å². The minimum Gasteiger partial charge on any atom is -0.322 e. The summed E-state index contributed by atoms with van der Waals surface area (Å²) >= 11 is 0. The van der Waals surface area contributed by atoms with Gasteiger partial charge < -0.3 is 5.73 Å². The Kier molecular flexibility index (Phi) is 2.70. The Labute approximate surface area is 68.0 Å². The van der Waals surface area contributed by atoms with E-state index in [4.69, 9.17) is 5.73 Å². The van der Waals surface area contributed by atoms with Gasteiger partial charge in [0, 0.05) is 5.56 Å². The van der Waals surface area contributed by atoms with Crippen molar-refractivity contribution in [3.05, 3.63) is 35.4 Å². The van der Waals surface area contributed by atoms with Crippen molar-refractivity contribution in [3.8, 4) is 0 Å². The standard InChI is InChI=1S/C8H8F3N/c9-4-8(12)6-3-5(10)1-2-7(6)11/h1-3,8H,4,12H2/t8-/m0/s1. The van der Waals surface area contributed by atoms with E-state index in [1.165, 1.54) is 0 Å². The number of benzene rings is 1. The highest BCUT2D eigenvalue weighted by Crippen LogP contribution is 2.16. The second kappa shape index (κ2) is 3.58. The minimum atomic E-state index is -1.08. The van der Waals surface area contributed by atoms with Crippen molar-refractivity contribution in [3.63, 3.8) is 0 Å². The van der Waals surface area contributed by atoms with Crippen LogP contribution in [-0.4, -0.2) is 6.67 Å². The highest BCUT2D eigenvalue weighted by atomic mass is 19.1. The van der Waals surface area contributed by atoms with Gasteiger partial charge in [0.1, 0.15) is 18.3 Å². The topological polar surface area (TPSA) is 26.0 Å². The lowest BCUT2D eigenvalue weighted by Gasteiger charge is -2.07. The summed E-state index contributed by atoms with van der Waals surface area (Å²) in [6.45, 7) is -0.902. The monoisotopic (exact) mass is 175 g/mol. The van der Waals surface area contributed by atoms with Gasteiger partial charge >= 0.3 is 0 Å². The first-order chi connectivity index (χ1) is 5.65. The predicted octanol–water partition coefficient (Wildman–Crippen LogP) is 1.93. The highest BCUT2D eigenvalue weighted by molar-refractivity contribution is 5.21. The molecule has 0 bridgehead atoms. The van der Waals surface area contributed by atoms with Gasteiger partial charge in [-0.2, -0.15) is 0 Å². The second-order valence-electron chi connectivity index (χ2n) is 2.43. The lowest BCUT2D eigenvalue weighted by Crippen LogP contribution is -2.14. The van der Waals surface area contributed by atoms with Gasteiger partial charge in [-0.3, -0.25) is 0 Å². The van der Waals surface area contributed by atoms with Crippen molar-refractivity contribution in [2.75, 3.05) is 6.67 Å². The van der Waals surface area contributed by atoms with Crippen LogP contribution >= 0.6 is 0 Å². The fraction of sp³-hybridized carbons (Fsp3) is 0.250. The molecule has 0 saturated heterocycles. The first kappa shape index (κ1) is 9.06. The Hall–Kier alpha value is -1.03. The number of alkyl halides is 1. The molecule has 0 radical (unpaired) electrons. The van der Waals surface area contributed by atoms with E-state index in [9.17, 15) is 13.2 Å². The zero-order valence-electron chi connectivity index (χ0n) is 6.23. The maximum Gasteiger partial charge on any atom is 0.128 e. The molecule has 1 aromatic rings. The third-order valence-electron chi connectivity index (χ3n) is 1.52. The van der Waals surface area contributed by atoms with Gasteiger partial charge in [-0.05, 0) is 18.2 Å². The third-order valence-corrected chi connectivity index (χ3v) is 1.52. The van der Waals surface area contributed by atoms with Crippen LogP contribution in [0.5, 0.6) is 0 Å². The molecule has 0 spiro atoms. The van der Waals surface area contributed by atoms with Gasteiger partial charge in [0.2, 0.25) is 0 Å². The molecule has 0 saturated carbocycles. The zero-order valence-corrected chi connectivity index (χ0v) is 6.23. The summed E-state index contributed by atoms with van der Waals surface area (Å²) in [7, 11) is 0. The lowest BCUT2D eigenvalue weighted by molar-refractivity contribution is 0.425. The van der Waals surface area contributed by atoms with Crippen LogP contribution in [0.1, 0.15) is 11.6 Å². The maximum atomic E-state index is 12.8. The Morgan fingerprint density at radius 3 is 2.58 bits per heavy atom. The van der Waals surface area contributed by atoms with Crippen LogP contribution in [0.3, 0.4) is 0 Å². The maximum absolute atomic E-state index is 12.8. The quantitative estimate of drug-likeness (QED) is 0.730. The molecule has 0 amide bonds. The molecule has 0 fully saturated rings. The summed E-state index contributed by atoms with van der Waals surface area (Å²) < 4.78 is 37.3. The van der Waals surface area contributed by atoms with Crippen LogP contribution in [0.4, 0.5) is 13.2 Å². The molecular weight excluding hydrogens is 167 g/mol. The third kappa shape index (κ3) is 1.76. The number of nitrogens with two attached hydrogens (primary N) is 1. The van der Waals surface area contributed by atoms with Gasteiger partial charge in [0.25, 0.3) is 0 Å². The SMILES string of the molecule is N[C@@H](CF)c1cc(F)ccc1F. The van der Waals surface area contributed by atoms with Gasteiger partial charge in [-0.1, -0.05) is 0 Å². The highest BCUT2D eigenvalue weighted by Gasteiger charge is 2.11. The van der Waals surface area contributed by atoms with Crippen LogP contribution in [0.2, 0.25) is 0 Å². The molecule has 1 nitrogen and oxygen atoms in total. The van der Waals surface area contributed by atoms with E-state index >= 15 is 0 Å². The second-order valence-corrected chi connectivity index (χ2v) is 2.43. The Bertz CT molecular complexity index is 275. The van der Waals surface area contributed by atoms with Crippen molar-refractivity contribution >= 4 is 0 Å². The molecular formula is C8H8F3N. The van der Waals surface area contributed by atoms with E-state index in [-0.39, 0.29) is 5.56 Å². The van der Waals surface area contributed by atoms with Gasteiger partial charge in [-0.25, -0.2) is 13.2 Å². The smallest absolute Gasteiger partial charge is 0.128 e.